The summed E-state index contributed by atoms with van der Waals surface area (Å²) in [5.74, 6) is -0.00528. The molecule has 0 aliphatic rings. The molecule has 0 amide bonds. The summed E-state index contributed by atoms with van der Waals surface area (Å²) in [6.45, 7) is 0. The number of aromatic nitrogens is 3. The average Bonchev–Trinajstić information content (AvgIpc) is 2.66. The zero-order valence-electron chi connectivity index (χ0n) is 8.42. The highest BCUT2D eigenvalue weighted by atomic mass is 16.1. The molecule has 2 aromatic heterocycles. The lowest BCUT2D eigenvalue weighted by Crippen LogP contribution is -2.06. The molecule has 0 atom stereocenters. The summed E-state index contributed by atoms with van der Waals surface area (Å²) in [4.78, 5) is 15.8. The summed E-state index contributed by atoms with van der Waals surface area (Å²) in [5, 5.41) is 4.05. The number of hydrogen-bond donors (Lipinski definition) is 0. The summed E-state index contributed by atoms with van der Waals surface area (Å²) in [6, 6.07) is 7.24. The first-order valence-electron chi connectivity index (χ1n) is 4.68. The highest BCUT2D eigenvalue weighted by Gasteiger charge is 2.09. The maximum absolute atomic E-state index is 11.7. The Morgan fingerprint density at radius 1 is 1.40 bits per heavy atom. The Morgan fingerprint density at radius 3 is 2.87 bits per heavy atom. The fraction of sp³-hybridized carbons (Fsp3) is 0.182. The Kier molecular flexibility index (Phi) is 2.58. The molecule has 0 radical (unpaired) electrons. The van der Waals surface area contributed by atoms with Gasteiger partial charge in [0.2, 0.25) is 0 Å². The van der Waals surface area contributed by atoms with Gasteiger partial charge in [-0.15, -0.1) is 0 Å². The highest BCUT2D eigenvalue weighted by molar-refractivity contribution is 5.95. The molecule has 0 bridgehead atoms. The van der Waals surface area contributed by atoms with E-state index >= 15 is 0 Å². The molecule has 0 aromatic carbocycles. The van der Waals surface area contributed by atoms with E-state index in [9.17, 15) is 4.79 Å². The standard InChI is InChI=1S/C11H11N3O/c1-14-7-5-10(13-14)11(15)8-9-4-2-3-6-12-9/h2-7H,8H2,1H3. The lowest BCUT2D eigenvalue weighted by Gasteiger charge is -1.96. The predicted octanol–water partition coefficient (Wildman–Crippen LogP) is 1.24. The number of rotatable bonds is 3. The lowest BCUT2D eigenvalue weighted by molar-refractivity contribution is 0.0986. The number of nitrogens with zero attached hydrogens (tertiary/aromatic N) is 3. The third-order valence-electron chi connectivity index (χ3n) is 2.07. The molecule has 2 heterocycles. The Morgan fingerprint density at radius 2 is 2.27 bits per heavy atom. The van der Waals surface area contributed by atoms with E-state index in [0.29, 0.717) is 12.1 Å². The van der Waals surface area contributed by atoms with Crippen LogP contribution in [-0.2, 0) is 13.5 Å². The molecule has 2 rings (SSSR count). The fourth-order valence-corrected chi connectivity index (χ4v) is 1.32. The minimum Gasteiger partial charge on any atom is -0.292 e. The van der Waals surface area contributed by atoms with Gasteiger partial charge in [-0.05, 0) is 18.2 Å². The molecule has 0 aliphatic carbocycles. The van der Waals surface area contributed by atoms with E-state index in [2.05, 4.69) is 10.1 Å². The van der Waals surface area contributed by atoms with Crippen LogP contribution in [0.15, 0.2) is 36.7 Å². The first-order chi connectivity index (χ1) is 7.25. The molecule has 0 spiro atoms. The van der Waals surface area contributed by atoms with E-state index in [4.69, 9.17) is 0 Å². The number of carbonyl (C=O) groups excluding carboxylic acids is 1. The van der Waals surface area contributed by atoms with Crippen molar-refractivity contribution >= 4 is 5.78 Å². The molecular weight excluding hydrogens is 190 g/mol. The van der Waals surface area contributed by atoms with Crippen molar-refractivity contribution in [3.05, 3.63) is 48.0 Å². The van der Waals surface area contributed by atoms with Crippen LogP contribution in [0.3, 0.4) is 0 Å². The SMILES string of the molecule is Cn1ccc(C(=O)Cc2ccccn2)n1. The summed E-state index contributed by atoms with van der Waals surface area (Å²) in [7, 11) is 1.79. The number of pyridine rings is 1. The second kappa shape index (κ2) is 4.04. The Labute approximate surface area is 87.6 Å². The van der Waals surface area contributed by atoms with Crippen LogP contribution >= 0.6 is 0 Å². The predicted molar refractivity (Wildman–Crippen MR) is 55.5 cm³/mol. The van der Waals surface area contributed by atoms with Crippen LogP contribution in [-0.4, -0.2) is 20.5 Å². The topological polar surface area (TPSA) is 47.8 Å². The maximum atomic E-state index is 11.7. The maximum Gasteiger partial charge on any atom is 0.188 e. The van der Waals surface area contributed by atoms with Gasteiger partial charge in [-0.3, -0.25) is 14.5 Å². The van der Waals surface area contributed by atoms with Crippen LogP contribution in [0.5, 0.6) is 0 Å². The highest BCUT2D eigenvalue weighted by Crippen LogP contribution is 2.02. The zero-order chi connectivity index (χ0) is 10.7. The van der Waals surface area contributed by atoms with Crippen LogP contribution in [0.25, 0.3) is 0 Å². The van der Waals surface area contributed by atoms with E-state index in [1.807, 2.05) is 18.2 Å². The first-order valence-corrected chi connectivity index (χ1v) is 4.68. The molecule has 76 valence electrons. The summed E-state index contributed by atoms with van der Waals surface area (Å²) in [5.41, 5.74) is 1.26. The Hall–Kier alpha value is -1.97. The van der Waals surface area contributed by atoms with E-state index in [1.165, 1.54) is 0 Å². The van der Waals surface area contributed by atoms with Crippen molar-refractivity contribution in [2.24, 2.45) is 7.05 Å². The number of Topliss-reactive ketones (excluding diaryl/α,β-unsaturated/α-hetero) is 1. The van der Waals surface area contributed by atoms with E-state index in [1.54, 1.807) is 30.2 Å². The van der Waals surface area contributed by atoms with Gasteiger partial charge in [-0.25, -0.2) is 0 Å². The first kappa shape index (κ1) is 9.58. The third kappa shape index (κ3) is 2.28. The molecule has 0 aliphatic heterocycles. The van der Waals surface area contributed by atoms with Gasteiger partial charge < -0.3 is 0 Å². The minimum absolute atomic E-state index is 0.00528. The fourth-order valence-electron chi connectivity index (χ4n) is 1.32. The van der Waals surface area contributed by atoms with Crippen LogP contribution in [0.2, 0.25) is 0 Å². The van der Waals surface area contributed by atoms with Crippen molar-refractivity contribution in [1.82, 2.24) is 14.8 Å². The van der Waals surface area contributed by atoms with Crippen LogP contribution in [0.4, 0.5) is 0 Å². The minimum atomic E-state index is -0.00528. The van der Waals surface area contributed by atoms with Crippen LogP contribution < -0.4 is 0 Å². The molecule has 0 unspecified atom stereocenters. The van der Waals surface area contributed by atoms with Gasteiger partial charge in [-0.1, -0.05) is 6.07 Å². The third-order valence-corrected chi connectivity index (χ3v) is 2.07. The van der Waals surface area contributed by atoms with E-state index in [-0.39, 0.29) is 5.78 Å². The monoisotopic (exact) mass is 201 g/mol. The molecule has 4 heteroatoms. The molecule has 2 aromatic rings. The van der Waals surface area contributed by atoms with Crippen LogP contribution in [0, 0.1) is 0 Å². The summed E-state index contributed by atoms with van der Waals surface area (Å²) < 4.78 is 1.62. The second-order valence-electron chi connectivity index (χ2n) is 3.30. The van der Waals surface area contributed by atoms with Gasteiger partial charge in [0.15, 0.2) is 5.78 Å². The average molecular weight is 201 g/mol. The van der Waals surface area contributed by atoms with Crippen molar-refractivity contribution in [3.8, 4) is 0 Å². The van der Waals surface area contributed by atoms with Crippen molar-refractivity contribution in [3.63, 3.8) is 0 Å². The van der Waals surface area contributed by atoms with Crippen molar-refractivity contribution in [1.29, 1.82) is 0 Å². The lowest BCUT2D eigenvalue weighted by atomic mass is 10.1. The van der Waals surface area contributed by atoms with Gasteiger partial charge in [0.1, 0.15) is 5.69 Å². The van der Waals surface area contributed by atoms with Crippen molar-refractivity contribution in [2.75, 3.05) is 0 Å². The zero-order valence-corrected chi connectivity index (χ0v) is 8.42. The second-order valence-corrected chi connectivity index (χ2v) is 3.30. The Bertz CT molecular complexity index is 462. The van der Waals surface area contributed by atoms with Gasteiger partial charge in [0, 0.05) is 25.1 Å². The van der Waals surface area contributed by atoms with Gasteiger partial charge in [0.05, 0.1) is 6.42 Å². The molecule has 15 heavy (non-hydrogen) atoms. The van der Waals surface area contributed by atoms with Gasteiger partial charge >= 0.3 is 0 Å². The quantitative estimate of drug-likeness (QED) is 0.702. The molecule has 4 nitrogen and oxygen atoms in total. The van der Waals surface area contributed by atoms with Gasteiger partial charge in [-0.2, -0.15) is 5.10 Å². The van der Waals surface area contributed by atoms with E-state index in [0.717, 1.165) is 5.69 Å². The molecule has 0 fully saturated rings. The smallest absolute Gasteiger partial charge is 0.188 e. The molecule has 0 saturated heterocycles. The Balaban J connectivity index is 2.11. The van der Waals surface area contributed by atoms with Crippen LogP contribution in [0.1, 0.15) is 16.2 Å². The molecular formula is C11H11N3O. The van der Waals surface area contributed by atoms with E-state index < -0.39 is 0 Å². The van der Waals surface area contributed by atoms with Crippen molar-refractivity contribution in [2.45, 2.75) is 6.42 Å². The normalized spacial score (nSPS) is 10.2. The number of aryl methyl sites for hydroxylation is 1. The number of hydrogen-bond acceptors (Lipinski definition) is 3. The van der Waals surface area contributed by atoms with Crippen molar-refractivity contribution < 1.29 is 4.79 Å². The summed E-state index contributed by atoms with van der Waals surface area (Å²) in [6.07, 6.45) is 3.74. The molecule has 0 saturated carbocycles. The molecule has 0 N–H and O–H groups in total. The summed E-state index contributed by atoms with van der Waals surface area (Å²) >= 11 is 0. The largest absolute Gasteiger partial charge is 0.292 e. The number of carbonyl (C=O) groups is 1. The number of ketones is 1. The van der Waals surface area contributed by atoms with Gasteiger partial charge in [0.25, 0.3) is 0 Å².